The molecule has 1 heterocycles. The van der Waals surface area contributed by atoms with Crippen molar-refractivity contribution in [1.82, 2.24) is 10.2 Å². The molecule has 2 N–H and O–H groups in total. The van der Waals surface area contributed by atoms with Crippen molar-refractivity contribution in [2.45, 2.75) is 32.2 Å². The Morgan fingerprint density at radius 3 is 2.78 bits per heavy atom. The minimum Gasteiger partial charge on any atom is -0.480 e. The molecule has 1 atom stereocenters. The lowest BCUT2D eigenvalue weighted by atomic mass is 10.2. The molecule has 2 amide bonds. The van der Waals surface area contributed by atoms with Crippen LogP contribution in [0.2, 0.25) is 0 Å². The van der Waals surface area contributed by atoms with E-state index in [2.05, 4.69) is 5.32 Å². The Morgan fingerprint density at radius 1 is 1.44 bits per heavy atom. The minimum absolute atomic E-state index is 0.0885. The standard InChI is InChI=1S/C11H18N2O5/c1-2-18-9(14)5-6-12-11(17)13-7-3-4-8(13)10(15)16/h8H,2-7H2,1H3,(H,12,17)(H,15,16). The highest BCUT2D eigenvalue weighted by Crippen LogP contribution is 2.17. The predicted octanol–water partition coefficient (Wildman–Crippen LogP) is 0.198. The predicted molar refractivity (Wildman–Crippen MR) is 62.0 cm³/mol. The molecule has 0 bridgehead atoms. The number of urea groups is 1. The summed E-state index contributed by atoms with van der Waals surface area (Å²) < 4.78 is 4.71. The zero-order valence-corrected chi connectivity index (χ0v) is 10.3. The first-order chi connectivity index (χ1) is 8.56. The summed E-state index contributed by atoms with van der Waals surface area (Å²) in [7, 11) is 0. The van der Waals surface area contributed by atoms with Crippen LogP contribution in [-0.2, 0) is 14.3 Å². The normalized spacial score (nSPS) is 18.5. The van der Waals surface area contributed by atoms with Gasteiger partial charge >= 0.3 is 18.0 Å². The van der Waals surface area contributed by atoms with Gasteiger partial charge in [0.05, 0.1) is 13.0 Å². The van der Waals surface area contributed by atoms with E-state index in [0.717, 1.165) is 0 Å². The molecule has 0 aromatic rings. The van der Waals surface area contributed by atoms with Crippen molar-refractivity contribution in [2.75, 3.05) is 19.7 Å². The number of carboxylic acids is 1. The van der Waals surface area contributed by atoms with E-state index >= 15 is 0 Å². The van der Waals surface area contributed by atoms with Crippen molar-refractivity contribution < 1.29 is 24.2 Å². The maximum atomic E-state index is 11.7. The van der Waals surface area contributed by atoms with Crippen molar-refractivity contribution in [3.63, 3.8) is 0 Å². The number of carbonyl (C=O) groups is 3. The van der Waals surface area contributed by atoms with Gasteiger partial charge in [0.1, 0.15) is 6.04 Å². The molecule has 0 spiro atoms. The molecule has 0 radical (unpaired) electrons. The van der Waals surface area contributed by atoms with E-state index in [4.69, 9.17) is 9.84 Å². The highest BCUT2D eigenvalue weighted by atomic mass is 16.5. The van der Waals surface area contributed by atoms with Crippen molar-refractivity contribution in [2.24, 2.45) is 0 Å². The lowest BCUT2D eigenvalue weighted by Gasteiger charge is -2.21. The second-order valence-electron chi connectivity index (χ2n) is 3.98. The van der Waals surface area contributed by atoms with Gasteiger partial charge in [-0.05, 0) is 19.8 Å². The topological polar surface area (TPSA) is 95.9 Å². The molecule has 7 nitrogen and oxygen atoms in total. The summed E-state index contributed by atoms with van der Waals surface area (Å²) in [5.74, 6) is -1.37. The molecule has 1 aliphatic heterocycles. The summed E-state index contributed by atoms with van der Waals surface area (Å²) in [6, 6.07) is -1.20. The first kappa shape index (κ1) is 14.3. The molecule has 0 saturated carbocycles. The number of carbonyl (C=O) groups excluding carboxylic acids is 2. The SMILES string of the molecule is CCOC(=O)CCNC(=O)N1CCCC1C(=O)O. The number of likely N-dealkylation sites (tertiary alicyclic amines) is 1. The molecule has 0 aromatic carbocycles. The first-order valence-electron chi connectivity index (χ1n) is 5.99. The van der Waals surface area contributed by atoms with Gasteiger partial charge in [-0.1, -0.05) is 0 Å². The van der Waals surface area contributed by atoms with Gasteiger partial charge in [-0.25, -0.2) is 9.59 Å². The van der Waals surface area contributed by atoms with Crippen LogP contribution in [0.3, 0.4) is 0 Å². The largest absolute Gasteiger partial charge is 0.480 e. The molecule has 102 valence electrons. The van der Waals surface area contributed by atoms with Crippen LogP contribution in [0.1, 0.15) is 26.2 Å². The van der Waals surface area contributed by atoms with Crippen molar-refractivity contribution in [3.8, 4) is 0 Å². The Labute approximate surface area is 105 Å². The van der Waals surface area contributed by atoms with Crippen LogP contribution in [0.15, 0.2) is 0 Å². The average Bonchev–Trinajstić information content (AvgIpc) is 2.78. The molecule has 0 aliphatic carbocycles. The number of amides is 2. The Balaban J connectivity index is 2.32. The van der Waals surface area contributed by atoms with Crippen LogP contribution in [0.4, 0.5) is 4.79 Å². The summed E-state index contributed by atoms with van der Waals surface area (Å²) >= 11 is 0. The minimum atomic E-state index is -0.993. The fourth-order valence-electron chi connectivity index (χ4n) is 1.87. The van der Waals surface area contributed by atoms with Crippen LogP contribution < -0.4 is 5.32 Å². The lowest BCUT2D eigenvalue weighted by molar-refractivity contribution is -0.143. The van der Waals surface area contributed by atoms with Gasteiger partial charge in [0.15, 0.2) is 0 Å². The van der Waals surface area contributed by atoms with Gasteiger partial charge in [-0.15, -0.1) is 0 Å². The average molecular weight is 258 g/mol. The number of ether oxygens (including phenoxy) is 1. The summed E-state index contributed by atoms with van der Waals surface area (Å²) in [6.07, 6.45) is 1.24. The maximum Gasteiger partial charge on any atom is 0.326 e. The third kappa shape index (κ3) is 3.90. The number of hydrogen-bond donors (Lipinski definition) is 2. The second kappa shape index (κ2) is 6.83. The van der Waals surface area contributed by atoms with E-state index < -0.39 is 18.0 Å². The highest BCUT2D eigenvalue weighted by molar-refractivity contribution is 5.83. The second-order valence-corrected chi connectivity index (χ2v) is 3.98. The zero-order valence-electron chi connectivity index (χ0n) is 10.3. The number of nitrogens with zero attached hydrogens (tertiary/aromatic N) is 1. The maximum absolute atomic E-state index is 11.7. The van der Waals surface area contributed by atoms with Crippen molar-refractivity contribution in [3.05, 3.63) is 0 Å². The van der Waals surface area contributed by atoms with Gasteiger partial charge in [-0.2, -0.15) is 0 Å². The number of esters is 1. The van der Waals surface area contributed by atoms with E-state index in [9.17, 15) is 14.4 Å². The molecule has 0 aromatic heterocycles. The van der Waals surface area contributed by atoms with Gasteiger partial charge in [-0.3, -0.25) is 4.79 Å². The number of rotatable bonds is 5. The van der Waals surface area contributed by atoms with Gasteiger partial charge in [0.2, 0.25) is 0 Å². The molecule has 1 rings (SSSR count). The van der Waals surface area contributed by atoms with Gasteiger partial charge in [0.25, 0.3) is 0 Å². The summed E-state index contributed by atoms with van der Waals surface area (Å²) in [4.78, 5) is 34.9. The molecule has 1 aliphatic rings. The highest BCUT2D eigenvalue weighted by Gasteiger charge is 2.33. The van der Waals surface area contributed by atoms with Gasteiger partial charge < -0.3 is 20.1 Å². The molecule has 7 heteroatoms. The van der Waals surface area contributed by atoms with Crippen LogP contribution in [0.25, 0.3) is 0 Å². The number of aliphatic carboxylic acids is 1. The Morgan fingerprint density at radius 2 is 2.17 bits per heavy atom. The molecule has 1 unspecified atom stereocenters. The van der Waals surface area contributed by atoms with Crippen LogP contribution in [0.5, 0.6) is 0 Å². The molecule has 1 saturated heterocycles. The molecular weight excluding hydrogens is 240 g/mol. The lowest BCUT2D eigenvalue weighted by Crippen LogP contribution is -2.46. The van der Waals surface area contributed by atoms with E-state index in [1.807, 2.05) is 0 Å². The smallest absolute Gasteiger partial charge is 0.326 e. The molecule has 1 fully saturated rings. The third-order valence-electron chi connectivity index (χ3n) is 2.71. The van der Waals surface area contributed by atoms with E-state index in [1.54, 1.807) is 6.92 Å². The first-order valence-corrected chi connectivity index (χ1v) is 5.99. The van der Waals surface area contributed by atoms with Crippen LogP contribution >= 0.6 is 0 Å². The molecular formula is C11H18N2O5. The fourth-order valence-corrected chi connectivity index (χ4v) is 1.87. The molecule has 18 heavy (non-hydrogen) atoms. The number of hydrogen-bond acceptors (Lipinski definition) is 4. The quantitative estimate of drug-likeness (QED) is 0.687. The summed E-state index contributed by atoms with van der Waals surface area (Å²) in [5, 5.41) is 11.4. The van der Waals surface area contributed by atoms with Crippen molar-refractivity contribution in [1.29, 1.82) is 0 Å². The monoisotopic (exact) mass is 258 g/mol. The summed E-state index contributed by atoms with van der Waals surface area (Å²) in [5.41, 5.74) is 0. The van der Waals surface area contributed by atoms with E-state index in [0.29, 0.717) is 26.0 Å². The summed E-state index contributed by atoms with van der Waals surface area (Å²) in [6.45, 7) is 2.60. The Bertz CT molecular complexity index is 331. The van der Waals surface area contributed by atoms with Crippen LogP contribution in [0, 0.1) is 0 Å². The number of nitrogens with one attached hydrogen (secondary N) is 1. The number of carboxylic acid groups (broad SMARTS) is 1. The Hall–Kier alpha value is -1.79. The van der Waals surface area contributed by atoms with Crippen LogP contribution in [-0.4, -0.2) is 53.7 Å². The van der Waals surface area contributed by atoms with Gasteiger partial charge in [0, 0.05) is 13.1 Å². The zero-order chi connectivity index (χ0) is 13.5. The van der Waals surface area contributed by atoms with E-state index in [1.165, 1.54) is 4.90 Å². The fraction of sp³-hybridized carbons (Fsp3) is 0.727. The third-order valence-corrected chi connectivity index (χ3v) is 2.71. The Kier molecular flexibility index (Phi) is 5.41. The van der Waals surface area contributed by atoms with E-state index in [-0.39, 0.29) is 18.9 Å². The van der Waals surface area contributed by atoms with Crippen molar-refractivity contribution >= 4 is 18.0 Å².